The number of thiazole rings is 1. The summed E-state index contributed by atoms with van der Waals surface area (Å²) in [6, 6.07) is 3.37. The molecule has 1 aromatic carbocycles. The van der Waals surface area contributed by atoms with Crippen LogP contribution in [0.5, 0.6) is 0 Å². The van der Waals surface area contributed by atoms with Crippen LogP contribution in [0, 0.1) is 20.2 Å². The maximum absolute atomic E-state index is 11.1. The van der Waals surface area contributed by atoms with Gasteiger partial charge in [0, 0.05) is 17.6 Å². The van der Waals surface area contributed by atoms with Crippen LogP contribution >= 0.6 is 11.3 Å². The van der Waals surface area contributed by atoms with E-state index in [9.17, 15) is 20.2 Å². The van der Waals surface area contributed by atoms with Crippen LogP contribution in [0.2, 0.25) is 0 Å². The molecule has 1 N–H and O–H groups in total. The Morgan fingerprint density at radius 2 is 2.10 bits per heavy atom. The van der Waals surface area contributed by atoms with Gasteiger partial charge in [0.15, 0.2) is 0 Å². The third-order valence-electron chi connectivity index (χ3n) is 2.88. The van der Waals surface area contributed by atoms with Crippen molar-refractivity contribution in [3.05, 3.63) is 55.0 Å². The molecule has 0 amide bonds. The molecule has 110 valence electrons. The van der Waals surface area contributed by atoms with Gasteiger partial charge in [-0.05, 0) is 12.5 Å². The minimum absolute atomic E-state index is 0.176. The van der Waals surface area contributed by atoms with E-state index in [1.54, 1.807) is 6.20 Å². The summed E-state index contributed by atoms with van der Waals surface area (Å²) in [5, 5.41) is 27.5. The lowest BCUT2D eigenvalue weighted by Crippen LogP contribution is -2.11. The molecule has 1 unspecified atom stereocenters. The van der Waals surface area contributed by atoms with Gasteiger partial charge >= 0.3 is 0 Å². The fourth-order valence-corrected chi connectivity index (χ4v) is 2.61. The molecule has 0 bridgehead atoms. The van der Waals surface area contributed by atoms with E-state index in [0.29, 0.717) is 6.42 Å². The number of rotatable bonds is 6. The molecule has 0 spiro atoms. The van der Waals surface area contributed by atoms with Crippen molar-refractivity contribution in [1.29, 1.82) is 0 Å². The Balaban J connectivity index is 2.34. The Kier molecular flexibility index (Phi) is 4.43. The molecule has 8 nitrogen and oxygen atoms in total. The lowest BCUT2D eigenvalue weighted by atomic mass is 10.2. The molecule has 9 heteroatoms. The molecule has 0 saturated heterocycles. The third-order valence-corrected chi connectivity index (χ3v) is 3.77. The van der Waals surface area contributed by atoms with Crippen molar-refractivity contribution in [3.8, 4) is 0 Å². The first-order chi connectivity index (χ1) is 10.0. The summed E-state index contributed by atoms with van der Waals surface area (Å²) in [5.41, 5.74) is -0.388. The zero-order chi connectivity index (χ0) is 15.4. The quantitative estimate of drug-likeness (QED) is 0.645. The number of nitro benzene ring substituents is 2. The summed E-state index contributed by atoms with van der Waals surface area (Å²) in [6.07, 6.45) is 2.34. The maximum atomic E-state index is 11.1. The van der Waals surface area contributed by atoms with Gasteiger partial charge in [-0.2, -0.15) is 0 Å². The van der Waals surface area contributed by atoms with E-state index in [0.717, 1.165) is 11.1 Å². The number of anilines is 1. The normalized spacial score (nSPS) is 11.9. The number of non-ortho nitro benzene ring substituents is 1. The van der Waals surface area contributed by atoms with Crippen LogP contribution < -0.4 is 5.32 Å². The van der Waals surface area contributed by atoms with Crippen molar-refractivity contribution in [1.82, 2.24) is 4.98 Å². The molecule has 0 aliphatic rings. The highest BCUT2D eigenvalue weighted by molar-refractivity contribution is 7.09. The topological polar surface area (TPSA) is 111 Å². The molecule has 0 aliphatic carbocycles. The van der Waals surface area contributed by atoms with E-state index in [1.165, 1.54) is 23.5 Å². The molecule has 2 aromatic rings. The zero-order valence-electron chi connectivity index (χ0n) is 11.1. The van der Waals surface area contributed by atoms with Crippen LogP contribution in [-0.2, 0) is 0 Å². The van der Waals surface area contributed by atoms with E-state index in [1.807, 2.05) is 12.3 Å². The van der Waals surface area contributed by atoms with Crippen molar-refractivity contribution < 1.29 is 9.85 Å². The van der Waals surface area contributed by atoms with Crippen LogP contribution in [0.1, 0.15) is 24.4 Å². The second-order valence-corrected chi connectivity index (χ2v) is 5.12. The standard InChI is InChI=1S/C12H12N4O4S/c1-2-9(12-13-5-6-21-12)14-10-4-3-8(15(17)18)7-11(10)16(19)20/h3-7,9,14H,2H2,1H3. The fraction of sp³-hybridized carbons (Fsp3) is 0.250. The first-order valence-electron chi connectivity index (χ1n) is 6.11. The highest BCUT2D eigenvalue weighted by Crippen LogP contribution is 2.33. The second kappa shape index (κ2) is 6.27. The van der Waals surface area contributed by atoms with Crippen LogP contribution in [0.25, 0.3) is 0 Å². The smallest absolute Gasteiger partial charge is 0.299 e. The predicted molar refractivity (Wildman–Crippen MR) is 78.5 cm³/mol. The Hall–Kier alpha value is -2.55. The van der Waals surface area contributed by atoms with E-state index < -0.39 is 9.85 Å². The lowest BCUT2D eigenvalue weighted by molar-refractivity contribution is -0.393. The Morgan fingerprint density at radius 3 is 2.62 bits per heavy atom. The molecule has 21 heavy (non-hydrogen) atoms. The Bertz CT molecular complexity index is 659. The number of benzene rings is 1. The number of nitro groups is 2. The fourth-order valence-electron chi connectivity index (χ4n) is 1.84. The number of aromatic nitrogens is 1. The van der Waals surface area contributed by atoms with Gasteiger partial charge in [0.05, 0.1) is 22.0 Å². The number of hydrogen-bond donors (Lipinski definition) is 1. The summed E-state index contributed by atoms with van der Waals surface area (Å²) >= 11 is 1.45. The van der Waals surface area contributed by atoms with Crippen LogP contribution in [0.15, 0.2) is 29.8 Å². The molecular weight excluding hydrogens is 296 g/mol. The van der Waals surface area contributed by atoms with E-state index in [2.05, 4.69) is 10.3 Å². The summed E-state index contributed by atoms with van der Waals surface area (Å²) in [5.74, 6) is 0. The van der Waals surface area contributed by atoms with Gasteiger partial charge in [0.1, 0.15) is 10.7 Å². The molecule has 1 aromatic heterocycles. The minimum Gasteiger partial charge on any atom is -0.370 e. The van der Waals surface area contributed by atoms with Crippen molar-refractivity contribution in [2.24, 2.45) is 0 Å². The summed E-state index contributed by atoms with van der Waals surface area (Å²) < 4.78 is 0. The van der Waals surface area contributed by atoms with Crippen molar-refractivity contribution in [2.45, 2.75) is 19.4 Å². The highest BCUT2D eigenvalue weighted by atomic mass is 32.1. The molecular formula is C12H12N4O4S. The minimum atomic E-state index is -0.658. The van der Waals surface area contributed by atoms with Gasteiger partial charge in [0.2, 0.25) is 0 Å². The molecule has 0 radical (unpaired) electrons. The van der Waals surface area contributed by atoms with E-state index >= 15 is 0 Å². The number of hydrogen-bond acceptors (Lipinski definition) is 7. The number of nitrogens with zero attached hydrogens (tertiary/aromatic N) is 3. The molecule has 0 aliphatic heterocycles. The van der Waals surface area contributed by atoms with Gasteiger partial charge in [-0.25, -0.2) is 4.98 Å². The van der Waals surface area contributed by atoms with Crippen LogP contribution in [0.3, 0.4) is 0 Å². The molecule has 0 fully saturated rings. The van der Waals surface area contributed by atoms with Crippen molar-refractivity contribution in [3.63, 3.8) is 0 Å². The zero-order valence-corrected chi connectivity index (χ0v) is 11.9. The predicted octanol–water partition coefficient (Wildman–Crippen LogP) is 3.52. The second-order valence-electron chi connectivity index (χ2n) is 4.19. The van der Waals surface area contributed by atoms with Crippen molar-refractivity contribution in [2.75, 3.05) is 5.32 Å². The van der Waals surface area contributed by atoms with Gasteiger partial charge in [-0.1, -0.05) is 6.92 Å². The van der Waals surface area contributed by atoms with Gasteiger partial charge in [0.25, 0.3) is 11.4 Å². The van der Waals surface area contributed by atoms with Gasteiger partial charge < -0.3 is 5.32 Å². The van der Waals surface area contributed by atoms with Crippen LogP contribution in [0.4, 0.5) is 17.1 Å². The maximum Gasteiger partial charge on any atom is 0.299 e. The first-order valence-corrected chi connectivity index (χ1v) is 6.99. The summed E-state index contributed by atoms with van der Waals surface area (Å²) in [6.45, 7) is 1.93. The molecule has 2 rings (SSSR count). The lowest BCUT2D eigenvalue weighted by Gasteiger charge is -2.15. The average Bonchev–Trinajstić information content (AvgIpc) is 2.98. The van der Waals surface area contributed by atoms with Crippen molar-refractivity contribution >= 4 is 28.4 Å². The largest absolute Gasteiger partial charge is 0.370 e. The van der Waals surface area contributed by atoms with Crippen LogP contribution in [-0.4, -0.2) is 14.8 Å². The third kappa shape index (κ3) is 3.31. The monoisotopic (exact) mass is 308 g/mol. The molecule has 1 atom stereocenters. The Morgan fingerprint density at radius 1 is 1.33 bits per heavy atom. The summed E-state index contributed by atoms with van der Waals surface area (Å²) in [4.78, 5) is 24.7. The summed E-state index contributed by atoms with van der Waals surface area (Å²) in [7, 11) is 0. The van der Waals surface area contributed by atoms with E-state index in [-0.39, 0.29) is 23.1 Å². The molecule has 1 heterocycles. The average molecular weight is 308 g/mol. The Labute approximate surface area is 123 Å². The molecule has 0 saturated carbocycles. The van der Waals surface area contributed by atoms with E-state index in [4.69, 9.17) is 0 Å². The van der Waals surface area contributed by atoms with Gasteiger partial charge in [-0.3, -0.25) is 20.2 Å². The number of nitrogens with one attached hydrogen (secondary N) is 1. The highest BCUT2D eigenvalue weighted by Gasteiger charge is 2.22. The first kappa shape index (κ1) is 14.9. The SMILES string of the molecule is CCC(Nc1ccc([N+](=O)[O-])cc1[N+](=O)[O-])c1nccs1. The van der Waals surface area contributed by atoms with Gasteiger partial charge in [-0.15, -0.1) is 11.3 Å².